The first-order valence-electron chi connectivity index (χ1n) is 10.9. The summed E-state index contributed by atoms with van der Waals surface area (Å²) in [5.74, 6) is 0.655. The highest BCUT2D eigenvalue weighted by molar-refractivity contribution is 5.93. The average Bonchev–Trinajstić information content (AvgIpc) is 2.79. The van der Waals surface area contributed by atoms with Gasteiger partial charge in [0.1, 0.15) is 5.82 Å². The quantitative estimate of drug-likeness (QED) is 0.762. The number of pyridine rings is 1. The van der Waals surface area contributed by atoms with Crippen LogP contribution in [0.1, 0.15) is 48.0 Å². The molecule has 0 radical (unpaired) electrons. The number of amides is 1. The van der Waals surface area contributed by atoms with E-state index in [1.54, 1.807) is 24.5 Å². The van der Waals surface area contributed by atoms with E-state index in [9.17, 15) is 9.18 Å². The zero-order valence-electron chi connectivity index (χ0n) is 17.0. The fraction of sp³-hybridized carbons (Fsp3) is 0.500. The number of aryl methyl sites for hydroxylation is 1. The molecule has 3 heterocycles. The summed E-state index contributed by atoms with van der Waals surface area (Å²) in [4.78, 5) is 21.3. The standard InChI is InChI=1S/C24H30FN3O/c25-22-9-7-19(8-10-22)5-6-20-3-2-14-28(18-20)23-11-15-27(16-12-23)24(29)21-4-1-13-26-17-21/h1,4,7-10,13,17,20,23H,2-3,5-6,11-12,14-16,18H2/t20-/m1/s1. The van der Waals surface area contributed by atoms with Crippen LogP contribution in [0.2, 0.25) is 0 Å². The van der Waals surface area contributed by atoms with E-state index in [4.69, 9.17) is 0 Å². The number of piperidine rings is 2. The van der Waals surface area contributed by atoms with Gasteiger partial charge < -0.3 is 4.90 Å². The van der Waals surface area contributed by atoms with E-state index >= 15 is 0 Å². The zero-order valence-corrected chi connectivity index (χ0v) is 17.0. The summed E-state index contributed by atoms with van der Waals surface area (Å²) >= 11 is 0. The van der Waals surface area contributed by atoms with Gasteiger partial charge in [0.2, 0.25) is 0 Å². The molecule has 0 bridgehead atoms. The van der Waals surface area contributed by atoms with Crippen LogP contribution in [0.25, 0.3) is 0 Å². The highest BCUT2D eigenvalue weighted by Crippen LogP contribution is 2.27. The van der Waals surface area contributed by atoms with E-state index in [0.717, 1.165) is 38.9 Å². The van der Waals surface area contributed by atoms with Gasteiger partial charge in [-0.15, -0.1) is 0 Å². The molecule has 2 aromatic rings. The van der Waals surface area contributed by atoms with Gasteiger partial charge in [0.15, 0.2) is 0 Å². The van der Waals surface area contributed by atoms with Crippen molar-refractivity contribution in [2.24, 2.45) is 5.92 Å². The van der Waals surface area contributed by atoms with Gasteiger partial charge >= 0.3 is 0 Å². The summed E-state index contributed by atoms with van der Waals surface area (Å²) in [6.07, 6.45) is 10.2. The summed E-state index contributed by atoms with van der Waals surface area (Å²) < 4.78 is 13.1. The maximum absolute atomic E-state index is 13.1. The van der Waals surface area contributed by atoms with E-state index in [1.807, 2.05) is 29.2 Å². The van der Waals surface area contributed by atoms with E-state index in [-0.39, 0.29) is 11.7 Å². The zero-order chi connectivity index (χ0) is 20.1. The number of benzene rings is 1. The lowest BCUT2D eigenvalue weighted by atomic mass is 9.89. The van der Waals surface area contributed by atoms with Gasteiger partial charge in [-0.05, 0) is 80.8 Å². The first kappa shape index (κ1) is 20.0. The van der Waals surface area contributed by atoms with Gasteiger partial charge in [0, 0.05) is 38.1 Å². The lowest BCUT2D eigenvalue weighted by molar-refractivity contribution is 0.0522. The molecule has 2 fully saturated rings. The van der Waals surface area contributed by atoms with Gasteiger partial charge in [0.25, 0.3) is 5.91 Å². The number of carbonyl (C=O) groups excluding carboxylic acids is 1. The van der Waals surface area contributed by atoms with Crippen LogP contribution in [0.4, 0.5) is 4.39 Å². The van der Waals surface area contributed by atoms with Crippen LogP contribution in [0, 0.1) is 11.7 Å². The van der Waals surface area contributed by atoms with Crippen molar-refractivity contribution in [3.63, 3.8) is 0 Å². The Morgan fingerprint density at radius 2 is 1.86 bits per heavy atom. The van der Waals surface area contributed by atoms with Crippen molar-refractivity contribution in [1.29, 1.82) is 0 Å². The molecule has 0 N–H and O–H groups in total. The Bertz CT molecular complexity index is 788. The van der Waals surface area contributed by atoms with Crippen LogP contribution in [-0.4, -0.2) is 52.9 Å². The molecule has 0 spiro atoms. The van der Waals surface area contributed by atoms with Crippen molar-refractivity contribution in [2.45, 2.75) is 44.6 Å². The minimum absolute atomic E-state index is 0.104. The predicted molar refractivity (Wildman–Crippen MR) is 112 cm³/mol. The van der Waals surface area contributed by atoms with Gasteiger partial charge in [-0.25, -0.2) is 4.39 Å². The average molecular weight is 396 g/mol. The van der Waals surface area contributed by atoms with Gasteiger partial charge in [-0.2, -0.15) is 0 Å². The highest BCUT2D eigenvalue weighted by atomic mass is 19.1. The molecule has 2 aliphatic heterocycles. The van der Waals surface area contributed by atoms with Crippen LogP contribution >= 0.6 is 0 Å². The highest BCUT2D eigenvalue weighted by Gasteiger charge is 2.30. The molecular formula is C24H30FN3O. The third kappa shape index (κ3) is 5.21. The van der Waals surface area contributed by atoms with Gasteiger partial charge in [-0.3, -0.25) is 14.7 Å². The van der Waals surface area contributed by atoms with Crippen molar-refractivity contribution in [3.05, 3.63) is 65.7 Å². The fourth-order valence-electron chi connectivity index (χ4n) is 4.79. The molecule has 1 aromatic carbocycles. The molecule has 0 unspecified atom stereocenters. The molecule has 0 aliphatic carbocycles. The summed E-state index contributed by atoms with van der Waals surface area (Å²) in [5.41, 5.74) is 1.91. The van der Waals surface area contributed by atoms with E-state index < -0.39 is 0 Å². The van der Waals surface area contributed by atoms with E-state index in [1.165, 1.54) is 31.4 Å². The Labute approximate surface area is 172 Å². The smallest absolute Gasteiger partial charge is 0.255 e. The number of hydrogen-bond donors (Lipinski definition) is 0. The number of carbonyl (C=O) groups is 1. The molecule has 2 aliphatic rings. The third-order valence-corrected chi connectivity index (χ3v) is 6.48. The molecule has 154 valence electrons. The van der Waals surface area contributed by atoms with Crippen molar-refractivity contribution in [2.75, 3.05) is 26.2 Å². The SMILES string of the molecule is O=C(c1cccnc1)N1CCC(N2CCC[C@H](CCc3ccc(F)cc3)C2)CC1. The number of likely N-dealkylation sites (tertiary alicyclic amines) is 2. The maximum Gasteiger partial charge on any atom is 0.255 e. The number of halogens is 1. The fourth-order valence-corrected chi connectivity index (χ4v) is 4.79. The predicted octanol–water partition coefficient (Wildman–Crippen LogP) is 4.17. The Morgan fingerprint density at radius 3 is 2.59 bits per heavy atom. The first-order valence-corrected chi connectivity index (χ1v) is 10.9. The molecule has 1 aromatic heterocycles. The summed E-state index contributed by atoms with van der Waals surface area (Å²) in [6, 6.07) is 11.2. The Morgan fingerprint density at radius 1 is 1.07 bits per heavy atom. The van der Waals surface area contributed by atoms with Crippen LogP contribution in [0.15, 0.2) is 48.8 Å². The summed E-state index contributed by atoms with van der Waals surface area (Å²) in [6.45, 7) is 3.99. The third-order valence-electron chi connectivity index (χ3n) is 6.48. The molecule has 5 heteroatoms. The summed E-state index contributed by atoms with van der Waals surface area (Å²) in [7, 11) is 0. The topological polar surface area (TPSA) is 36.4 Å². The number of hydrogen-bond acceptors (Lipinski definition) is 3. The van der Waals surface area contributed by atoms with Gasteiger partial charge in [0.05, 0.1) is 5.56 Å². The van der Waals surface area contributed by atoms with Crippen molar-refractivity contribution in [3.8, 4) is 0 Å². The molecule has 4 nitrogen and oxygen atoms in total. The normalized spacial score (nSPS) is 21.3. The van der Waals surface area contributed by atoms with Crippen LogP contribution in [-0.2, 0) is 6.42 Å². The van der Waals surface area contributed by atoms with Crippen LogP contribution < -0.4 is 0 Å². The number of nitrogens with zero attached hydrogens (tertiary/aromatic N) is 3. The molecule has 1 amide bonds. The first-order chi connectivity index (χ1) is 14.2. The van der Waals surface area contributed by atoms with Crippen molar-refractivity contribution >= 4 is 5.91 Å². The number of aromatic nitrogens is 1. The second kappa shape index (κ2) is 9.49. The lowest BCUT2D eigenvalue weighted by Gasteiger charge is -2.42. The second-order valence-corrected chi connectivity index (χ2v) is 8.43. The monoisotopic (exact) mass is 395 g/mol. The molecule has 2 saturated heterocycles. The lowest BCUT2D eigenvalue weighted by Crippen LogP contribution is -2.49. The largest absolute Gasteiger partial charge is 0.338 e. The van der Waals surface area contributed by atoms with Crippen molar-refractivity contribution < 1.29 is 9.18 Å². The Hall–Kier alpha value is -2.27. The van der Waals surface area contributed by atoms with E-state index in [2.05, 4.69) is 9.88 Å². The van der Waals surface area contributed by atoms with Crippen molar-refractivity contribution in [1.82, 2.24) is 14.8 Å². The molecule has 1 atom stereocenters. The Kier molecular flexibility index (Phi) is 6.55. The number of rotatable bonds is 5. The minimum atomic E-state index is -0.161. The van der Waals surface area contributed by atoms with Gasteiger partial charge in [-0.1, -0.05) is 12.1 Å². The Balaban J connectivity index is 1.25. The van der Waals surface area contributed by atoms with Crippen LogP contribution in [0.5, 0.6) is 0 Å². The minimum Gasteiger partial charge on any atom is -0.338 e. The molecule has 4 rings (SSSR count). The molecule has 0 saturated carbocycles. The van der Waals surface area contributed by atoms with Crippen LogP contribution in [0.3, 0.4) is 0 Å². The van der Waals surface area contributed by atoms with E-state index in [0.29, 0.717) is 17.5 Å². The molecular weight excluding hydrogens is 365 g/mol. The summed E-state index contributed by atoms with van der Waals surface area (Å²) in [5, 5.41) is 0. The molecule has 29 heavy (non-hydrogen) atoms. The maximum atomic E-state index is 13.1. The second-order valence-electron chi connectivity index (χ2n) is 8.43.